The lowest BCUT2D eigenvalue weighted by atomic mass is 10.2. The SMILES string of the molecule is Cc1nc(-c2ccc(NCc3ccccc3OC3CCCC3)nc2)[nH]c(=O)c1C. The zero-order valence-corrected chi connectivity index (χ0v) is 16.9. The number of H-pyrrole nitrogens is 1. The molecule has 1 aromatic carbocycles. The fourth-order valence-electron chi connectivity index (χ4n) is 3.56. The average Bonchev–Trinajstić information content (AvgIpc) is 3.24. The Morgan fingerprint density at radius 2 is 1.93 bits per heavy atom. The van der Waals surface area contributed by atoms with Gasteiger partial charge in [-0.25, -0.2) is 9.97 Å². The number of nitrogens with one attached hydrogen (secondary N) is 2. The second kappa shape index (κ2) is 8.47. The van der Waals surface area contributed by atoms with Gasteiger partial charge >= 0.3 is 0 Å². The first kappa shape index (κ1) is 19.2. The minimum Gasteiger partial charge on any atom is -0.490 e. The van der Waals surface area contributed by atoms with E-state index < -0.39 is 0 Å². The number of ether oxygens (including phenoxy) is 1. The molecular formula is C23H26N4O2. The summed E-state index contributed by atoms with van der Waals surface area (Å²) in [6.07, 6.45) is 6.83. The molecule has 0 atom stereocenters. The fraction of sp³-hybridized carbons (Fsp3) is 0.348. The Bertz CT molecular complexity index is 1040. The van der Waals surface area contributed by atoms with Crippen molar-refractivity contribution in [1.82, 2.24) is 15.0 Å². The molecule has 4 rings (SSSR count). The minimum absolute atomic E-state index is 0.117. The summed E-state index contributed by atoms with van der Waals surface area (Å²) in [6.45, 7) is 4.24. The molecule has 2 heterocycles. The van der Waals surface area contributed by atoms with Crippen LogP contribution in [0.25, 0.3) is 11.4 Å². The first-order chi connectivity index (χ1) is 14.1. The number of para-hydroxylation sites is 1. The molecule has 6 nitrogen and oxygen atoms in total. The number of hydrogen-bond donors (Lipinski definition) is 2. The van der Waals surface area contributed by atoms with E-state index in [4.69, 9.17) is 4.74 Å². The van der Waals surface area contributed by atoms with E-state index in [0.29, 0.717) is 24.0 Å². The Kier molecular flexibility index (Phi) is 5.60. The molecule has 150 valence electrons. The number of aryl methyl sites for hydroxylation is 1. The van der Waals surface area contributed by atoms with Crippen molar-refractivity contribution >= 4 is 5.82 Å². The zero-order valence-electron chi connectivity index (χ0n) is 16.9. The number of hydrogen-bond acceptors (Lipinski definition) is 5. The van der Waals surface area contributed by atoms with Gasteiger partial charge < -0.3 is 15.0 Å². The number of anilines is 1. The van der Waals surface area contributed by atoms with Crippen LogP contribution in [0.2, 0.25) is 0 Å². The summed E-state index contributed by atoms with van der Waals surface area (Å²) in [7, 11) is 0. The van der Waals surface area contributed by atoms with Crippen molar-refractivity contribution < 1.29 is 4.74 Å². The molecule has 0 unspecified atom stereocenters. The van der Waals surface area contributed by atoms with Crippen molar-refractivity contribution in [3.8, 4) is 17.1 Å². The number of benzene rings is 1. The van der Waals surface area contributed by atoms with Crippen LogP contribution in [0.3, 0.4) is 0 Å². The van der Waals surface area contributed by atoms with Crippen LogP contribution >= 0.6 is 0 Å². The Balaban J connectivity index is 1.44. The van der Waals surface area contributed by atoms with E-state index in [1.807, 2.05) is 37.3 Å². The molecule has 2 aromatic heterocycles. The monoisotopic (exact) mass is 390 g/mol. The van der Waals surface area contributed by atoms with Gasteiger partial charge in [-0.3, -0.25) is 4.79 Å². The zero-order chi connectivity index (χ0) is 20.2. The normalized spacial score (nSPS) is 14.1. The molecule has 0 radical (unpaired) electrons. The third-order valence-electron chi connectivity index (χ3n) is 5.46. The highest BCUT2D eigenvalue weighted by molar-refractivity contribution is 5.56. The topological polar surface area (TPSA) is 79.9 Å². The number of pyridine rings is 1. The van der Waals surface area contributed by atoms with E-state index in [1.54, 1.807) is 13.1 Å². The molecule has 1 saturated carbocycles. The van der Waals surface area contributed by atoms with E-state index in [9.17, 15) is 4.79 Å². The molecule has 2 N–H and O–H groups in total. The van der Waals surface area contributed by atoms with Crippen LogP contribution in [0.4, 0.5) is 5.82 Å². The second-order valence-electron chi connectivity index (χ2n) is 7.54. The summed E-state index contributed by atoms with van der Waals surface area (Å²) >= 11 is 0. The van der Waals surface area contributed by atoms with Gasteiger partial charge in [-0.2, -0.15) is 0 Å². The van der Waals surface area contributed by atoms with Gasteiger partial charge in [0.2, 0.25) is 0 Å². The molecule has 1 aliphatic carbocycles. The van der Waals surface area contributed by atoms with E-state index in [2.05, 4.69) is 26.3 Å². The van der Waals surface area contributed by atoms with Gasteiger partial charge in [-0.05, 0) is 57.7 Å². The molecule has 0 bridgehead atoms. The molecule has 0 aliphatic heterocycles. The molecule has 0 amide bonds. The molecule has 0 saturated heterocycles. The highest BCUT2D eigenvalue weighted by Crippen LogP contribution is 2.27. The van der Waals surface area contributed by atoms with Crippen LogP contribution in [-0.2, 0) is 6.54 Å². The van der Waals surface area contributed by atoms with Crippen LogP contribution < -0.4 is 15.6 Å². The summed E-state index contributed by atoms with van der Waals surface area (Å²) in [5.41, 5.74) is 3.14. The number of aromatic nitrogens is 3. The van der Waals surface area contributed by atoms with Crippen LogP contribution in [0.15, 0.2) is 47.4 Å². The van der Waals surface area contributed by atoms with Crippen LogP contribution in [0, 0.1) is 13.8 Å². The molecule has 6 heteroatoms. The quantitative estimate of drug-likeness (QED) is 0.653. The molecule has 1 aliphatic rings. The van der Waals surface area contributed by atoms with E-state index in [0.717, 1.165) is 41.2 Å². The molecule has 3 aromatic rings. The molecule has 0 spiro atoms. The standard InChI is InChI=1S/C23H26N4O2/c1-15-16(2)26-22(27-23(15)28)18-11-12-21(25-14-18)24-13-17-7-3-6-10-20(17)29-19-8-4-5-9-19/h3,6-7,10-12,14,19H,4-5,8-9,13H2,1-2H3,(H,24,25)(H,26,27,28). The largest absolute Gasteiger partial charge is 0.490 e. The maximum absolute atomic E-state index is 12.0. The lowest BCUT2D eigenvalue weighted by Gasteiger charge is -2.17. The summed E-state index contributed by atoms with van der Waals surface area (Å²) < 4.78 is 6.20. The van der Waals surface area contributed by atoms with Crippen molar-refractivity contribution in [2.24, 2.45) is 0 Å². The van der Waals surface area contributed by atoms with Gasteiger partial charge in [0.1, 0.15) is 17.4 Å². The first-order valence-corrected chi connectivity index (χ1v) is 10.1. The third kappa shape index (κ3) is 4.47. The highest BCUT2D eigenvalue weighted by Gasteiger charge is 2.17. The van der Waals surface area contributed by atoms with Crippen LogP contribution in [0.1, 0.15) is 42.5 Å². The lowest BCUT2D eigenvalue weighted by molar-refractivity contribution is 0.208. The average molecular weight is 390 g/mol. The van der Waals surface area contributed by atoms with Gasteiger partial charge in [0.15, 0.2) is 0 Å². The fourth-order valence-corrected chi connectivity index (χ4v) is 3.56. The van der Waals surface area contributed by atoms with Crippen molar-refractivity contribution in [2.75, 3.05) is 5.32 Å². The van der Waals surface area contributed by atoms with Crippen LogP contribution in [-0.4, -0.2) is 21.1 Å². The molecule has 1 fully saturated rings. The summed E-state index contributed by atoms with van der Waals surface area (Å²) in [4.78, 5) is 23.7. The van der Waals surface area contributed by atoms with Crippen LogP contribution in [0.5, 0.6) is 5.75 Å². The van der Waals surface area contributed by atoms with Gasteiger partial charge in [0.25, 0.3) is 5.56 Å². The van der Waals surface area contributed by atoms with Crippen molar-refractivity contribution in [3.05, 3.63) is 69.8 Å². The van der Waals surface area contributed by atoms with Gasteiger partial charge in [-0.15, -0.1) is 0 Å². The Hall–Kier alpha value is -3.15. The number of aromatic amines is 1. The third-order valence-corrected chi connectivity index (χ3v) is 5.46. The van der Waals surface area contributed by atoms with Gasteiger partial charge in [0, 0.05) is 35.1 Å². The molecule has 29 heavy (non-hydrogen) atoms. The predicted molar refractivity (Wildman–Crippen MR) is 114 cm³/mol. The Labute approximate surface area is 170 Å². The summed E-state index contributed by atoms with van der Waals surface area (Å²) in [6, 6.07) is 12.0. The second-order valence-corrected chi connectivity index (χ2v) is 7.54. The van der Waals surface area contributed by atoms with E-state index in [1.165, 1.54) is 12.8 Å². The van der Waals surface area contributed by atoms with Crippen molar-refractivity contribution in [3.63, 3.8) is 0 Å². The minimum atomic E-state index is -0.117. The predicted octanol–water partition coefficient (Wildman–Crippen LogP) is 4.38. The summed E-state index contributed by atoms with van der Waals surface area (Å²) in [5, 5.41) is 3.35. The maximum atomic E-state index is 12.0. The molecular weight excluding hydrogens is 364 g/mol. The first-order valence-electron chi connectivity index (χ1n) is 10.1. The maximum Gasteiger partial charge on any atom is 0.254 e. The van der Waals surface area contributed by atoms with Gasteiger partial charge in [-0.1, -0.05) is 18.2 Å². The van der Waals surface area contributed by atoms with Crippen molar-refractivity contribution in [2.45, 2.75) is 52.2 Å². The smallest absolute Gasteiger partial charge is 0.254 e. The Morgan fingerprint density at radius 1 is 1.14 bits per heavy atom. The Morgan fingerprint density at radius 3 is 2.66 bits per heavy atom. The lowest BCUT2D eigenvalue weighted by Crippen LogP contribution is -2.14. The van der Waals surface area contributed by atoms with E-state index >= 15 is 0 Å². The summed E-state index contributed by atoms with van der Waals surface area (Å²) in [5.74, 6) is 2.24. The highest BCUT2D eigenvalue weighted by atomic mass is 16.5. The van der Waals surface area contributed by atoms with Gasteiger partial charge in [0.05, 0.1) is 6.10 Å². The number of nitrogens with zero attached hydrogens (tertiary/aromatic N) is 2. The van der Waals surface area contributed by atoms with Crippen molar-refractivity contribution in [1.29, 1.82) is 0 Å². The number of rotatable bonds is 6. The van der Waals surface area contributed by atoms with E-state index in [-0.39, 0.29) is 5.56 Å².